The molecule has 2 fully saturated rings. The Kier molecular flexibility index (Phi) is 15.1. The smallest absolute Gasteiger partial charge is 0.248 e. The van der Waals surface area contributed by atoms with Crippen LogP contribution in [0.25, 0.3) is 0 Å². The third-order valence-electron chi connectivity index (χ3n) is 5.13. The van der Waals surface area contributed by atoms with Gasteiger partial charge in [-0.3, -0.25) is 10.9 Å². The summed E-state index contributed by atoms with van der Waals surface area (Å²) in [6.07, 6.45) is 6.87. The lowest BCUT2D eigenvalue weighted by molar-refractivity contribution is 0.556. The molecule has 2 saturated heterocycles. The zero-order chi connectivity index (χ0) is 19.3. The molecule has 2 aliphatic rings. The van der Waals surface area contributed by atoms with Gasteiger partial charge in [-0.05, 0) is 50.7 Å². The van der Waals surface area contributed by atoms with Gasteiger partial charge >= 0.3 is 0 Å². The third kappa shape index (κ3) is 8.37. The van der Waals surface area contributed by atoms with E-state index in [1.165, 1.54) is 12.8 Å². The van der Waals surface area contributed by atoms with Crippen molar-refractivity contribution in [2.45, 2.75) is 38.5 Å². The maximum Gasteiger partial charge on any atom is 0.248 e. The molecular weight excluding hydrogens is 456 g/mol. The normalized spacial score (nSPS) is 14.8. The SMILES string of the molecule is Cl.Fc1ccc(F)c(NNc2nc(N3CCCCC3)nc(N3CCCCC3)n2)c1.N.N.N.N.[HH].[HH].[HH].[HH]. The van der Waals surface area contributed by atoms with Gasteiger partial charge in [0.15, 0.2) is 0 Å². The Balaban J connectivity index is -0.000000267. The van der Waals surface area contributed by atoms with Crippen LogP contribution < -0.4 is 45.3 Å². The van der Waals surface area contributed by atoms with Gasteiger partial charge in [-0.25, -0.2) is 8.78 Å². The Morgan fingerprint density at radius 3 is 1.67 bits per heavy atom. The molecule has 0 bridgehead atoms. The van der Waals surface area contributed by atoms with Crippen LogP contribution in [0.2, 0.25) is 0 Å². The molecule has 14 heteroatoms. The molecule has 1 aromatic heterocycles. The Hall–Kier alpha value is -2.58. The van der Waals surface area contributed by atoms with Crippen molar-refractivity contribution in [3.05, 3.63) is 29.8 Å². The minimum atomic E-state index is -0.560. The molecule has 2 aliphatic heterocycles. The van der Waals surface area contributed by atoms with Gasteiger partial charge in [0.25, 0.3) is 0 Å². The molecule has 1 aromatic carbocycles. The lowest BCUT2D eigenvalue weighted by Crippen LogP contribution is -2.34. The predicted molar refractivity (Wildman–Crippen MR) is 141 cm³/mol. The second kappa shape index (κ2) is 15.3. The zero-order valence-corrected chi connectivity index (χ0v) is 19.8. The van der Waals surface area contributed by atoms with E-state index in [-0.39, 0.29) is 48.4 Å². The van der Waals surface area contributed by atoms with Gasteiger partial charge in [0.05, 0.1) is 5.69 Å². The van der Waals surface area contributed by atoms with Crippen LogP contribution in [0.15, 0.2) is 18.2 Å². The summed E-state index contributed by atoms with van der Waals surface area (Å²) in [4.78, 5) is 18.0. The van der Waals surface area contributed by atoms with Gasteiger partial charge in [0.1, 0.15) is 11.6 Å². The Bertz CT molecular complexity index is 800. The fourth-order valence-electron chi connectivity index (χ4n) is 3.60. The number of nitrogens with zero attached hydrogens (tertiary/aromatic N) is 5. The van der Waals surface area contributed by atoms with Crippen molar-refractivity contribution in [3.8, 4) is 0 Å². The number of halogens is 3. The van der Waals surface area contributed by atoms with Crippen molar-refractivity contribution >= 4 is 35.9 Å². The zero-order valence-electron chi connectivity index (χ0n) is 19.0. The van der Waals surface area contributed by atoms with Crippen molar-refractivity contribution in [3.63, 3.8) is 0 Å². The summed E-state index contributed by atoms with van der Waals surface area (Å²) in [5.74, 6) is 0.457. The molecule has 11 nitrogen and oxygen atoms in total. The maximum absolute atomic E-state index is 13.9. The van der Waals surface area contributed by atoms with Gasteiger partial charge < -0.3 is 34.4 Å². The van der Waals surface area contributed by atoms with Gasteiger partial charge in [-0.15, -0.1) is 12.4 Å². The minimum Gasteiger partial charge on any atom is -0.344 e. The molecule has 0 radical (unpaired) electrons. The van der Waals surface area contributed by atoms with E-state index in [0.717, 1.165) is 70.1 Å². The molecule has 0 spiro atoms. The number of rotatable bonds is 5. The molecule has 0 aliphatic carbocycles. The Morgan fingerprint density at radius 1 is 0.697 bits per heavy atom. The first-order chi connectivity index (χ1) is 13.7. The van der Waals surface area contributed by atoms with Gasteiger partial charge in [-0.2, -0.15) is 15.0 Å². The van der Waals surface area contributed by atoms with Crippen LogP contribution in [-0.4, -0.2) is 41.1 Å². The van der Waals surface area contributed by atoms with Gasteiger partial charge in [-0.1, -0.05) is 0 Å². The van der Waals surface area contributed by atoms with Crippen molar-refractivity contribution in [2.75, 3.05) is 46.8 Å². The maximum atomic E-state index is 13.9. The highest BCUT2D eigenvalue weighted by Gasteiger charge is 2.20. The van der Waals surface area contributed by atoms with E-state index in [1.807, 2.05) is 0 Å². The van der Waals surface area contributed by atoms with Crippen molar-refractivity contribution in [1.82, 2.24) is 39.6 Å². The van der Waals surface area contributed by atoms with E-state index in [0.29, 0.717) is 17.8 Å². The number of hydrogen-bond acceptors (Lipinski definition) is 11. The number of hydrogen-bond donors (Lipinski definition) is 6. The van der Waals surface area contributed by atoms with Crippen molar-refractivity contribution in [1.29, 1.82) is 0 Å². The molecule has 14 N–H and O–H groups in total. The summed E-state index contributed by atoms with van der Waals surface area (Å²) in [6, 6.07) is 3.23. The topological polar surface area (TPSA) is 209 Å². The van der Waals surface area contributed by atoms with Crippen LogP contribution >= 0.6 is 12.4 Å². The van der Waals surface area contributed by atoms with Crippen LogP contribution in [0.3, 0.4) is 0 Å². The average molecular weight is 502 g/mol. The van der Waals surface area contributed by atoms with E-state index in [4.69, 9.17) is 4.98 Å². The van der Waals surface area contributed by atoms with Crippen molar-refractivity contribution in [2.24, 2.45) is 0 Å². The van der Waals surface area contributed by atoms with E-state index in [2.05, 4.69) is 30.6 Å². The van der Waals surface area contributed by atoms with Gasteiger partial charge in [0, 0.05) is 38.0 Å². The fraction of sp³-hybridized carbons (Fsp3) is 0.526. The number of anilines is 4. The quantitative estimate of drug-likeness (QED) is 0.276. The lowest BCUT2D eigenvalue weighted by Gasteiger charge is -2.30. The first-order valence-corrected chi connectivity index (χ1v) is 9.92. The molecule has 0 atom stereocenters. The molecule has 4 rings (SSSR count). The molecule has 3 heterocycles. The van der Waals surface area contributed by atoms with E-state index >= 15 is 0 Å². The standard InChI is InChI=1S/C19H25F2N7.ClH.4H3N.4H2/c20-14-7-8-15(21)16(13-14)25-26-17-22-18(27-9-3-1-4-10-27)24-19(23-17)28-11-5-2-6-12-28;;;;;;;;;/h7-8,13,25H,1-6,9-12H2,(H,22,23,24,26);1H;4*1H3;4*1H. The highest BCUT2D eigenvalue weighted by molar-refractivity contribution is 5.85. The van der Waals surface area contributed by atoms with Crippen LogP contribution in [0.1, 0.15) is 44.2 Å². The first kappa shape index (κ1) is 32.6. The monoisotopic (exact) mass is 501 g/mol. The molecule has 0 amide bonds. The molecule has 0 unspecified atom stereocenters. The Labute approximate surface area is 205 Å². The number of piperidine rings is 2. The van der Waals surface area contributed by atoms with Crippen molar-refractivity contribution < 1.29 is 14.5 Å². The predicted octanol–water partition coefficient (Wildman–Crippen LogP) is 5.62. The molecule has 2 aromatic rings. The highest BCUT2D eigenvalue weighted by Crippen LogP contribution is 2.23. The first-order valence-electron chi connectivity index (χ1n) is 9.92. The van der Waals surface area contributed by atoms with Gasteiger partial charge in [0.2, 0.25) is 17.8 Å². The summed E-state index contributed by atoms with van der Waals surface area (Å²) < 4.78 is 27.3. The number of hydrazine groups is 1. The third-order valence-corrected chi connectivity index (χ3v) is 5.13. The molecule has 33 heavy (non-hydrogen) atoms. The number of nitrogens with one attached hydrogen (secondary N) is 2. The largest absolute Gasteiger partial charge is 0.344 e. The molecule has 0 saturated carbocycles. The second-order valence-corrected chi connectivity index (χ2v) is 7.23. The average Bonchev–Trinajstić information content (AvgIpc) is 2.75. The van der Waals surface area contributed by atoms with Crippen LogP contribution in [0.4, 0.5) is 32.3 Å². The van der Waals surface area contributed by atoms with Crippen LogP contribution in [-0.2, 0) is 0 Å². The number of aromatic nitrogens is 3. The summed E-state index contributed by atoms with van der Waals surface area (Å²) in [5, 5.41) is 0. The van der Waals surface area contributed by atoms with Crippen LogP contribution in [0.5, 0.6) is 0 Å². The summed E-state index contributed by atoms with van der Waals surface area (Å²) >= 11 is 0. The number of benzene rings is 1. The minimum absolute atomic E-state index is 0. The van der Waals surface area contributed by atoms with Crippen LogP contribution in [0, 0.1) is 11.6 Å². The molecular formula is C19H46ClF2N11. The van der Waals surface area contributed by atoms with E-state index < -0.39 is 11.6 Å². The molecule has 198 valence electrons. The highest BCUT2D eigenvalue weighted by atomic mass is 35.5. The van der Waals surface area contributed by atoms with E-state index in [9.17, 15) is 8.78 Å². The summed E-state index contributed by atoms with van der Waals surface area (Å²) in [7, 11) is 0. The Morgan fingerprint density at radius 2 is 1.18 bits per heavy atom. The van der Waals surface area contributed by atoms with E-state index in [1.54, 1.807) is 0 Å². The summed E-state index contributed by atoms with van der Waals surface area (Å²) in [5.41, 5.74) is 5.49. The lowest BCUT2D eigenvalue weighted by atomic mass is 10.1. The summed E-state index contributed by atoms with van der Waals surface area (Å²) in [6.45, 7) is 3.65. The fourth-order valence-corrected chi connectivity index (χ4v) is 3.60. The second-order valence-electron chi connectivity index (χ2n) is 7.23.